The van der Waals surface area contributed by atoms with Crippen LogP contribution in [0.1, 0.15) is 17.7 Å². The molecule has 100 valence electrons. The maximum absolute atomic E-state index is 3.49. The van der Waals surface area contributed by atoms with Gasteiger partial charge in [-0.15, -0.1) is 11.3 Å². The number of nitrogens with zero attached hydrogens (tertiary/aromatic N) is 1. The fourth-order valence-corrected chi connectivity index (χ4v) is 3.26. The summed E-state index contributed by atoms with van der Waals surface area (Å²) < 4.78 is 0. The van der Waals surface area contributed by atoms with Gasteiger partial charge in [0, 0.05) is 35.9 Å². The first-order valence-electron chi connectivity index (χ1n) is 7.03. The summed E-state index contributed by atoms with van der Waals surface area (Å²) >= 11 is 1.83. The van der Waals surface area contributed by atoms with Crippen molar-refractivity contribution < 1.29 is 0 Å². The monoisotopic (exact) mass is 272 g/mol. The molecule has 3 rings (SSSR count). The van der Waals surface area contributed by atoms with Gasteiger partial charge >= 0.3 is 0 Å². The van der Waals surface area contributed by atoms with Gasteiger partial charge in [-0.25, -0.2) is 0 Å². The molecule has 2 aromatic rings. The van der Waals surface area contributed by atoms with Crippen molar-refractivity contribution >= 4 is 22.7 Å². The Labute approximate surface area is 119 Å². The summed E-state index contributed by atoms with van der Waals surface area (Å²) in [5.41, 5.74) is 2.58. The molecule has 0 unspecified atom stereocenters. The van der Waals surface area contributed by atoms with Crippen LogP contribution in [0.25, 0.3) is 0 Å². The van der Waals surface area contributed by atoms with Crippen molar-refractivity contribution in [3.63, 3.8) is 0 Å². The predicted molar refractivity (Wildman–Crippen MR) is 84.4 cm³/mol. The van der Waals surface area contributed by atoms with Crippen molar-refractivity contribution in [3.8, 4) is 0 Å². The Kier molecular flexibility index (Phi) is 4.04. The molecule has 0 amide bonds. The van der Waals surface area contributed by atoms with Crippen molar-refractivity contribution in [2.24, 2.45) is 0 Å². The third-order valence-corrected chi connectivity index (χ3v) is 4.56. The first-order chi connectivity index (χ1) is 9.42. The molecule has 0 spiro atoms. The minimum Gasteiger partial charge on any atom is -0.385 e. The SMILES string of the molecule is c1csc(CCNc2ccc(N3CCCC3)cc2)c1. The summed E-state index contributed by atoms with van der Waals surface area (Å²) in [4.78, 5) is 3.91. The van der Waals surface area contributed by atoms with Crippen LogP contribution in [-0.4, -0.2) is 19.6 Å². The van der Waals surface area contributed by atoms with E-state index in [9.17, 15) is 0 Å². The van der Waals surface area contributed by atoms with Crippen LogP contribution < -0.4 is 10.2 Å². The molecule has 19 heavy (non-hydrogen) atoms. The number of thiophene rings is 1. The minimum absolute atomic E-state index is 1.00. The highest BCUT2D eigenvalue weighted by Crippen LogP contribution is 2.22. The first-order valence-corrected chi connectivity index (χ1v) is 7.91. The summed E-state index contributed by atoms with van der Waals surface area (Å²) in [7, 11) is 0. The molecule has 0 bridgehead atoms. The quantitative estimate of drug-likeness (QED) is 0.885. The van der Waals surface area contributed by atoms with Crippen LogP contribution in [0.3, 0.4) is 0 Å². The smallest absolute Gasteiger partial charge is 0.0367 e. The second kappa shape index (κ2) is 6.11. The Morgan fingerprint density at radius 1 is 1.05 bits per heavy atom. The van der Waals surface area contributed by atoms with Crippen molar-refractivity contribution in [2.75, 3.05) is 29.9 Å². The fourth-order valence-electron chi connectivity index (χ4n) is 2.55. The molecule has 2 nitrogen and oxygen atoms in total. The Bertz CT molecular complexity index is 484. The molecule has 0 saturated carbocycles. The van der Waals surface area contributed by atoms with Gasteiger partial charge in [0.25, 0.3) is 0 Å². The number of hydrogen-bond donors (Lipinski definition) is 1. The molecule has 0 atom stereocenters. The van der Waals surface area contributed by atoms with E-state index in [0.717, 1.165) is 13.0 Å². The largest absolute Gasteiger partial charge is 0.385 e. The molecule has 1 saturated heterocycles. The molecule has 0 aliphatic carbocycles. The molecule has 1 aliphatic heterocycles. The number of benzene rings is 1. The topological polar surface area (TPSA) is 15.3 Å². The van der Waals surface area contributed by atoms with Gasteiger partial charge in [-0.05, 0) is 55.0 Å². The summed E-state index contributed by atoms with van der Waals surface area (Å²) in [5.74, 6) is 0. The molecular formula is C16H20N2S. The van der Waals surface area contributed by atoms with Crippen molar-refractivity contribution in [2.45, 2.75) is 19.3 Å². The predicted octanol–water partition coefficient (Wildman–Crippen LogP) is 4.00. The summed E-state index contributed by atoms with van der Waals surface area (Å²) in [5, 5.41) is 5.63. The fraction of sp³-hybridized carbons (Fsp3) is 0.375. The Morgan fingerprint density at radius 2 is 1.84 bits per heavy atom. The number of anilines is 2. The Morgan fingerprint density at radius 3 is 2.53 bits per heavy atom. The van der Waals surface area contributed by atoms with E-state index in [-0.39, 0.29) is 0 Å². The van der Waals surface area contributed by atoms with Gasteiger partial charge in [0.2, 0.25) is 0 Å². The zero-order chi connectivity index (χ0) is 12.9. The summed E-state index contributed by atoms with van der Waals surface area (Å²) in [6, 6.07) is 13.2. The number of nitrogens with one attached hydrogen (secondary N) is 1. The molecule has 2 heterocycles. The number of hydrogen-bond acceptors (Lipinski definition) is 3. The molecule has 3 heteroatoms. The standard InChI is InChI=1S/C16H20N2S/c1-2-12-18(11-1)15-7-5-14(6-8-15)17-10-9-16-4-3-13-19-16/h3-8,13,17H,1-2,9-12H2. The van der Waals surface area contributed by atoms with Crippen molar-refractivity contribution in [1.29, 1.82) is 0 Å². The lowest BCUT2D eigenvalue weighted by atomic mass is 10.2. The lowest BCUT2D eigenvalue weighted by Gasteiger charge is -2.17. The van der Waals surface area contributed by atoms with E-state index in [0.29, 0.717) is 0 Å². The maximum Gasteiger partial charge on any atom is 0.0367 e. The van der Waals surface area contributed by atoms with Crippen molar-refractivity contribution in [3.05, 3.63) is 46.7 Å². The summed E-state index contributed by atoms with van der Waals surface area (Å²) in [6.45, 7) is 3.43. The zero-order valence-electron chi connectivity index (χ0n) is 11.1. The van der Waals surface area contributed by atoms with Crippen LogP contribution in [0, 0.1) is 0 Å². The highest BCUT2D eigenvalue weighted by atomic mass is 32.1. The molecule has 1 aromatic carbocycles. The molecule has 1 aromatic heterocycles. The van der Waals surface area contributed by atoms with Crippen LogP contribution in [0.4, 0.5) is 11.4 Å². The molecule has 0 radical (unpaired) electrons. The van der Waals surface area contributed by atoms with Gasteiger partial charge in [0.05, 0.1) is 0 Å². The Balaban J connectivity index is 1.51. The van der Waals surface area contributed by atoms with E-state index in [1.165, 1.54) is 42.2 Å². The van der Waals surface area contributed by atoms with E-state index in [1.807, 2.05) is 11.3 Å². The van der Waals surface area contributed by atoms with Gasteiger partial charge in [0.1, 0.15) is 0 Å². The van der Waals surface area contributed by atoms with Crippen LogP contribution in [-0.2, 0) is 6.42 Å². The van der Waals surface area contributed by atoms with Gasteiger partial charge in [-0.2, -0.15) is 0 Å². The van der Waals surface area contributed by atoms with E-state index < -0.39 is 0 Å². The van der Waals surface area contributed by atoms with Gasteiger partial charge in [-0.3, -0.25) is 0 Å². The second-order valence-corrected chi connectivity index (χ2v) is 6.03. The third kappa shape index (κ3) is 3.29. The van der Waals surface area contributed by atoms with Gasteiger partial charge < -0.3 is 10.2 Å². The van der Waals surface area contributed by atoms with E-state index in [2.05, 4.69) is 52.0 Å². The average Bonchev–Trinajstić information content (AvgIpc) is 3.13. The average molecular weight is 272 g/mol. The van der Waals surface area contributed by atoms with E-state index in [4.69, 9.17) is 0 Å². The van der Waals surface area contributed by atoms with Crippen LogP contribution in [0.2, 0.25) is 0 Å². The lowest BCUT2D eigenvalue weighted by Crippen LogP contribution is -2.17. The molecular weight excluding hydrogens is 252 g/mol. The zero-order valence-corrected chi connectivity index (χ0v) is 12.0. The molecule has 1 N–H and O–H groups in total. The minimum atomic E-state index is 1.00. The van der Waals surface area contributed by atoms with E-state index in [1.54, 1.807) is 0 Å². The maximum atomic E-state index is 3.49. The van der Waals surface area contributed by atoms with Gasteiger partial charge in [-0.1, -0.05) is 6.07 Å². The van der Waals surface area contributed by atoms with Crippen LogP contribution >= 0.6 is 11.3 Å². The van der Waals surface area contributed by atoms with Gasteiger partial charge in [0.15, 0.2) is 0 Å². The summed E-state index contributed by atoms with van der Waals surface area (Å²) in [6.07, 6.45) is 3.77. The first kappa shape index (κ1) is 12.5. The molecule has 1 aliphatic rings. The highest BCUT2D eigenvalue weighted by molar-refractivity contribution is 7.09. The van der Waals surface area contributed by atoms with Crippen LogP contribution in [0.5, 0.6) is 0 Å². The van der Waals surface area contributed by atoms with Crippen molar-refractivity contribution in [1.82, 2.24) is 0 Å². The van der Waals surface area contributed by atoms with E-state index >= 15 is 0 Å². The number of rotatable bonds is 5. The lowest BCUT2D eigenvalue weighted by molar-refractivity contribution is 0.949. The molecule has 1 fully saturated rings. The highest BCUT2D eigenvalue weighted by Gasteiger charge is 2.11. The second-order valence-electron chi connectivity index (χ2n) is 5.00. The normalized spacial score (nSPS) is 14.8. The Hall–Kier alpha value is -1.48. The van der Waals surface area contributed by atoms with Crippen LogP contribution in [0.15, 0.2) is 41.8 Å². The third-order valence-electron chi connectivity index (χ3n) is 3.62.